The number of carbonyl (C=O) groups is 1. The molecule has 2 heterocycles. The fourth-order valence-electron chi connectivity index (χ4n) is 3.11. The molecule has 6 nitrogen and oxygen atoms in total. The molecule has 3 rings (SSSR count). The molecule has 1 fully saturated rings. The van der Waals surface area contributed by atoms with E-state index in [2.05, 4.69) is 17.3 Å². The summed E-state index contributed by atoms with van der Waals surface area (Å²) in [7, 11) is 1.85. The second-order valence-electron chi connectivity index (χ2n) is 6.48. The van der Waals surface area contributed by atoms with Gasteiger partial charge in [0.15, 0.2) is 0 Å². The number of rotatable bonds is 6. The van der Waals surface area contributed by atoms with Gasteiger partial charge in [-0.25, -0.2) is 0 Å². The van der Waals surface area contributed by atoms with Gasteiger partial charge < -0.3 is 15.3 Å². The first-order valence-electron chi connectivity index (χ1n) is 8.37. The third kappa shape index (κ3) is 3.76. The van der Waals surface area contributed by atoms with Gasteiger partial charge in [-0.15, -0.1) is 0 Å². The van der Waals surface area contributed by atoms with E-state index < -0.39 is 0 Å². The number of aromatic nitrogens is 2. The number of carbonyl (C=O) groups excluding carboxylic acids is 1. The third-order valence-corrected chi connectivity index (χ3v) is 4.50. The Hall–Kier alpha value is -2.34. The number of amides is 1. The lowest BCUT2D eigenvalue weighted by Gasteiger charge is -2.19. The summed E-state index contributed by atoms with van der Waals surface area (Å²) in [4.78, 5) is 14.4. The van der Waals surface area contributed by atoms with E-state index in [-0.39, 0.29) is 23.7 Å². The lowest BCUT2D eigenvalue weighted by atomic mass is 10.1. The van der Waals surface area contributed by atoms with E-state index in [9.17, 15) is 9.90 Å². The van der Waals surface area contributed by atoms with Crippen molar-refractivity contribution in [3.63, 3.8) is 0 Å². The average molecular weight is 328 g/mol. The molecule has 2 aromatic rings. The Morgan fingerprint density at radius 1 is 1.38 bits per heavy atom. The Morgan fingerprint density at radius 3 is 2.79 bits per heavy atom. The molecular weight excluding hydrogens is 304 g/mol. The fourth-order valence-corrected chi connectivity index (χ4v) is 3.11. The van der Waals surface area contributed by atoms with Crippen LogP contribution in [0.4, 0.5) is 5.69 Å². The summed E-state index contributed by atoms with van der Waals surface area (Å²) in [6.45, 7) is 2.84. The van der Waals surface area contributed by atoms with E-state index in [1.54, 1.807) is 27.9 Å². The summed E-state index contributed by atoms with van der Waals surface area (Å²) in [5.74, 6) is 0.413. The second kappa shape index (κ2) is 7.05. The van der Waals surface area contributed by atoms with Gasteiger partial charge in [0.25, 0.3) is 0 Å². The minimum absolute atomic E-state index is 0.125. The van der Waals surface area contributed by atoms with Crippen LogP contribution in [0.3, 0.4) is 0 Å². The van der Waals surface area contributed by atoms with E-state index in [0.717, 1.165) is 31.5 Å². The van der Waals surface area contributed by atoms with Crippen LogP contribution >= 0.6 is 0 Å². The van der Waals surface area contributed by atoms with Crippen LogP contribution in [0.5, 0.6) is 5.75 Å². The van der Waals surface area contributed by atoms with Crippen molar-refractivity contribution in [1.29, 1.82) is 0 Å². The van der Waals surface area contributed by atoms with Crippen molar-refractivity contribution < 1.29 is 9.90 Å². The topological polar surface area (TPSA) is 70.4 Å². The Labute approximate surface area is 142 Å². The molecule has 0 aliphatic carbocycles. The van der Waals surface area contributed by atoms with Gasteiger partial charge in [-0.2, -0.15) is 5.10 Å². The van der Waals surface area contributed by atoms with Gasteiger partial charge in [0, 0.05) is 25.8 Å². The molecule has 1 aromatic heterocycles. The average Bonchev–Trinajstić information content (AvgIpc) is 3.13. The molecule has 0 unspecified atom stereocenters. The quantitative estimate of drug-likeness (QED) is 0.849. The van der Waals surface area contributed by atoms with Gasteiger partial charge in [0.05, 0.1) is 17.9 Å². The van der Waals surface area contributed by atoms with Crippen LogP contribution in [0.2, 0.25) is 0 Å². The highest BCUT2D eigenvalue weighted by Gasteiger charge is 2.33. The van der Waals surface area contributed by atoms with Crippen molar-refractivity contribution in [1.82, 2.24) is 15.1 Å². The van der Waals surface area contributed by atoms with E-state index in [0.29, 0.717) is 0 Å². The molecule has 1 amide bonds. The van der Waals surface area contributed by atoms with Crippen LogP contribution in [-0.2, 0) is 18.3 Å². The van der Waals surface area contributed by atoms with Gasteiger partial charge >= 0.3 is 0 Å². The van der Waals surface area contributed by atoms with E-state index in [1.165, 1.54) is 5.56 Å². The number of aryl methyl sites for hydroxylation is 2. The molecule has 1 aliphatic rings. The van der Waals surface area contributed by atoms with Crippen LogP contribution in [0, 0.1) is 0 Å². The molecular formula is C18H24N4O2. The van der Waals surface area contributed by atoms with Gasteiger partial charge in [-0.05, 0) is 43.9 Å². The predicted octanol–water partition coefficient (Wildman–Crippen LogP) is 1.84. The monoisotopic (exact) mass is 328 g/mol. The Bertz CT molecular complexity index is 695. The van der Waals surface area contributed by atoms with Crippen LogP contribution in [0.1, 0.15) is 25.3 Å². The van der Waals surface area contributed by atoms with Gasteiger partial charge in [0.2, 0.25) is 5.91 Å². The zero-order valence-corrected chi connectivity index (χ0v) is 14.1. The summed E-state index contributed by atoms with van der Waals surface area (Å²) < 4.78 is 1.71. The molecule has 0 spiro atoms. The van der Waals surface area contributed by atoms with Crippen molar-refractivity contribution in [3.05, 3.63) is 42.2 Å². The Balaban J connectivity index is 1.50. The first-order chi connectivity index (χ1) is 11.5. The van der Waals surface area contributed by atoms with Gasteiger partial charge in [0.1, 0.15) is 5.75 Å². The van der Waals surface area contributed by atoms with Crippen LogP contribution in [-0.4, -0.2) is 39.4 Å². The number of aromatic hydroxyl groups is 1. The molecule has 0 bridgehead atoms. The Morgan fingerprint density at radius 2 is 2.12 bits per heavy atom. The number of benzene rings is 1. The fraction of sp³-hybridized carbons (Fsp3) is 0.444. The molecule has 1 aromatic carbocycles. The third-order valence-electron chi connectivity index (χ3n) is 4.50. The molecule has 1 aliphatic heterocycles. The lowest BCUT2D eigenvalue weighted by Crippen LogP contribution is -2.42. The minimum atomic E-state index is -0.125. The van der Waals surface area contributed by atoms with Crippen molar-refractivity contribution in [2.45, 2.75) is 38.3 Å². The van der Waals surface area contributed by atoms with Crippen molar-refractivity contribution in [3.8, 4) is 5.75 Å². The number of phenols is 1. The molecule has 2 N–H and O–H groups in total. The summed E-state index contributed by atoms with van der Waals surface area (Å²) in [5.41, 5.74) is 2.06. The second-order valence-corrected chi connectivity index (χ2v) is 6.48. The molecule has 2 atom stereocenters. The zero-order valence-electron chi connectivity index (χ0n) is 14.1. The summed E-state index contributed by atoms with van der Waals surface area (Å²) in [6, 6.07) is 7.42. The number of nitrogens with zero attached hydrogens (tertiary/aromatic N) is 3. The van der Waals surface area contributed by atoms with Crippen LogP contribution in [0.15, 0.2) is 36.7 Å². The largest absolute Gasteiger partial charge is 0.508 e. The highest BCUT2D eigenvalue weighted by Crippen LogP contribution is 2.21. The summed E-state index contributed by atoms with van der Waals surface area (Å²) in [5, 5.41) is 16.9. The SMILES string of the molecule is C[C@H](CCc1ccc(O)cc1)N[C@H]1CCN(c2cnn(C)c2)C1=O. The van der Waals surface area contributed by atoms with E-state index in [1.807, 2.05) is 25.4 Å². The van der Waals surface area contributed by atoms with Crippen molar-refractivity contribution >= 4 is 11.6 Å². The normalized spacial score (nSPS) is 19.0. The number of nitrogens with one attached hydrogen (secondary N) is 1. The molecule has 0 radical (unpaired) electrons. The Kier molecular flexibility index (Phi) is 4.85. The maximum Gasteiger partial charge on any atom is 0.244 e. The smallest absolute Gasteiger partial charge is 0.244 e. The first-order valence-corrected chi connectivity index (χ1v) is 8.37. The van der Waals surface area contributed by atoms with E-state index >= 15 is 0 Å². The lowest BCUT2D eigenvalue weighted by molar-refractivity contribution is -0.119. The predicted molar refractivity (Wildman–Crippen MR) is 93.0 cm³/mol. The molecule has 1 saturated heterocycles. The van der Waals surface area contributed by atoms with Crippen LogP contribution < -0.4 is 10.2 Å². The summed E-state index contributed by atoms with van der Waals surface area (Å²) in [6.07, 6.45) is 6.28. The number of phenolic OH excluding ortho intramolecular Hbond substituents is 1. The molecule has 0 saturated carbocycles. The van der Waals surface area contributed by atoms with Gasteiger partial charge in [-0.3, -0.25) is 9.48 Å². The van der Waals surface area contributed by atoms with Crippen LogP contribution in [0.25, 0.3) is 0 Å². The minimum Gasteiger partial charge on any atom is -0.508 e. The molecule has 6 heteroatoms. The molecule has 128 valence electrons. The maximum atomic E-state index is 12.6. The number of anilines is 1. The van der Waals surface area contributed by atoms with Gasteiger partial charge in [-0.1, -0.05) is 12.1 Å². The summed E-state index contributed by atoms with van der Waals surface area (Å²) >= 11 is 0. The van der Waals surface area contributed by atoms with E-state index in [4.69, 9.17) is 0 Å². The highest BCUT2D eigenvalue weighted by atomic mass is 16.3. The van der Waals surface area contributed by atoms with Crippen molar-refractivity contribution in [2.24, 2.45) is 7.05 Å². The number of hydrogen-bond donors (Lipinski definition) is 2. The maximum absolute atomic E-state index is 12.6. The van der Waals surface area contributed by atoms with Crippen molar-refractivity contribution in [2.75, 3.05) is 11.4 Å². The molecule has 24 heavy (non-hydrogen) atoms. The highest BCUT2D eigenvalue weighted by molar-refractivity contribution is 5.99. The first kappa shape index (κ1) is 16.5. The number of hydrogen-bond acceptors (Lipinski definition) is 4. The standard InChI is InChI=1S/C18H24N4O2/c1-13(3-4-14-5-7-16(23)8-6-14)20-17-9-10-22(18(17)24)15-11-19-21(2)12-15/h5-8,11-13,17,20,23H,3-4,9-10H2,1-2H3/t13-,17+/m1/s1. The zero-order chi connectivity index (χ0) is 17.1.